The van der Waals surface area contributed by atoms with Gasteiger partial charge in [0.1, 0.15) is 24.3 Å². The van der Waals surface area contributed by atoms with Gasteiger partial charge in [0.05, 0.1) is 19.8 Å². The number of amides is 7. The number of carbonyl (C=O) groups excluding carboxylic acids is 6. The lowest BCUT2D eigenvalue weighted by atomic mass is 10.0. The SMILES string of the molecule is COCCOCCNC(=O)C(OC(=O)Nc1ccc2c(C)cc(=O)oc2c1)c1ccc(NC(=O)C(CCCNC(N)=O)NC(=O)C(NC(=O)OCc2ccccc2)C(C)C)cc1. The lowest BCUT2D eigenvalue weighted by Crippen LogP contribution is -2.54. The Morgan fingerprint density at radius 1 is 0.758 bits per heavy atom. The van der Waals surface area contributed by atoms with Gasteiger partial charge < -0.3 is 55.7 Å². The summed E-state index contributed by atoms with van der Waals surface area (Å²) in [6.07, 6.45) is -2.96. The smallest absolute Gasteiger partial charge is 0.412 e. The molecule has 19 heteroatoms. The average Bonchev–Trinajstić information content (AvgIpc) is 3.23. The lowest BCUT2D eigenvalue weighted by molar-refractivity contribution is -0.130. The first-order valence-corrected chi connectivity index (χ1v) is 19.8. The minimum Gasteiger partial charge on any atom is -0.445 e. The molecule has 0 aliphatic heterocycles. The molecule has 62 heavy (non-hydrogen) atoms. The van der Waals surface area contributed by atoms with E-state index in [0.29, 0.717) is 24.2 Å². The number of urea groups is 1. The molecule has 0 spiro atoms. The van der Waals surface area contributed by atoms with Crippen LogP contribution in [0.4, 0.5) is 25.8 Å². The van der Waals surface area contributed by atoms with Crippen LogP contribution >= 0.6 is 0 Å². The van der Waals surface area contributed by atoms with Crippen LogP contribution in [0.1, 0.15) is 49.5 Å². The number of nitrogens with two attached hydrogens (primary N) is 1. The Labute approximate surface area is 357 Å². The first kappa shape index (κ1) is 47.7. The van der Waals surface area contributed by atoms with Crippen LogP contribution in [0.5, 0.6) is 0 Å². The molecular weight excluding hydrogens is 807 g/mol. The summed E-state index contributed by atoms with van der Waals surface area (Å²) < 4.78 is 26.6. The Kier molecular flexibility index (Phi) is 18.7. The molecular formula is C43H53N7O12. The van der Waals surface area contributed by atoms with Crippen molar-refractivity contribution in [2.45, 2.75) is 58.4 Å². The third kappa shape index (κ3) is 15.6. The number of ether oxygens (including phenoxy) is 4. The molecule has 8 N–H and O–H groups in total. The molecule has 4 aromatic rings. The second-order valence-electron chi connectivity index (χ2n) is 14.3. The molecule has 1 heterocycles. The zero-order valence-electron chi connectivity index (χ0n) is 34.9. The number of nitrogens with one attached hydrogen (secondary N) is 6. The van der Waals surface area contributed by atoms with Gasteiger partial charge in [0.15, 0.2) is 0 Å². The molecule has 0 fully saturated rings. The molecule has 4 rings (SSSR count). The number of hydrogen-bond acceptors (Lipinski definition) is 12. The number of anilines is 2. The van der Waals surface area contributed by atoms with Crippen molar-refractivity contribution in [3.8, 4) is 0 Å². The topological polar surface area (TPSA) is 268 Å². The fraction of sp³-hybridized carbons (Fsp3) is 0.372. The van der Waals surface area contributed by atoms with Crippen molar-refractivity contribution >= 4 is 58.3 Å². The van der Waals surface area contributed by atoms with E-state index < -0.39 is 65.7 Å². The van der Waals surface area contributed by atoms with Gasteiger partial charge in [-0.2, -0.15) is 0 Å². The van der Waals surface area contributed by atoms with Crippen molar-refractivity contribution < 1.29 is 52.1 Å². The highest BCUT2D eigenvalue weighted by Gasteiger charge is 2.30. The van der Waals surface area contributed by atoms with Crippen LogP contribution in [-0.2, 0) is 39.9 Å². The minimum absolute atomic E-state index is 0.0161. The van der Waals surface area contributed by atoms with E-state index in [2.05, 4.69) is 31.9 Å². The Morgan fingerprint density at radius 3 is 2.18 bits per heavy atom. The third-order valence-corrected chi connectivity index (χ3v) is 9.16. The first-order valence-electron chi connectivity index (χ1n) is 19.8. The first-order chi connectivity index (χ1) is 29.7. The number of aryl methyl sites for hydroxylation is 1. The molecule has 3 atom stereocenters. The van der Waals surface area contributed by atoms with E-state index in [-0.39, 0.29) is 61.7 Å². The summed E-state index contributed by atoms with van der Waals surface area (Å²) in [5.41, 5.74) is 7.07. The van der Waals surface area contributed by atoms with Crippen LogP contribution in [0.2, 0.25) is 0 Å². The van der Waals surface area contributed by atoms with Crippen molar-refractivity contribution in [1.82, 2.24) is 21.3 Å². The summed E-state index contributed by atoms with van der Waals surface area (Å²) in [4.78, 5) is 89.7. The Morgan fingerprint density at radius 2 is 1.48 bits per heavy atom. The van der Waals surface area contributed by atoms with Crippen LogP contribution in [-0.4, -0.2) is 88.0 Å². The number of methoxy groups -OCH3 is 1. The fourth-order valence-electron chi connectivity index (χ4n) is 5.96. The van der Waals surface area contributed by atoms with Crippen LogP contribution in [0.3, 0.4) is 0 Å². The molecule has 3 aromatic carbocycles. The zero-order valence-corrected chi connectivity index (χ0v) is 34.9. The average molecular weight is 860 g/mol. The van der Waals surface area contributed by atoms with Crippen molar-refractivity contribution in [1.29, 1.82) is 0 Å². The molecule has 332 valence electrons. The van der Waals surface area contributed by atoms with Gasteiger partial charge in [-0.15, -0.1) is 0 Å². The van der Waals surface area contributed by atoms with Crippen LogP contribution < -0.4 is 43.3 Å². The second-order valence-corrected chi connectivity index (χ2v) is 14.3. The third-order valence-electron chi connectivity index (χ3n) is 9.16. The second kappa shape index (κ2) is 24.3. The maximum Gasteiger partial charge on any atom is 0.412 e. The highest BCUT2D eigenvalue weighted by atomic mass is 16.6. The van der Waals surface area contributed by atoms with Gasteiger partial charge in [-0.1, -0.05) is 56.3 Å². The van der Waals surface area contributed by atoms with E-state index in [9.17, 15) is 33.6 Å². The fourth-order valence-corrected chi connectivity index (χ4v) is 5.96. The van der Waals surface area contributed by atoms with Gasteiger partial charge in [-0.25, -0.2) is 19.2 Å². The van der Waals surface area contributed by atoms with E-state index in [4.69, 9.17) is 29.1 Å². The predicted octanol–water partition coefficient (Wildman–Crippen LogP) is 3.99. The summed E-state index contributed by atoms with van der Waals surface area (Å²) in [5.74, 6) is -2.34. The molecule has 0 aliphatic rings. The van der Waals surface area contributed by atoms with E-state index >= 15 is 0 Å². The predicted molar refractivity (Wildman–Crippen MR) is 228 cm³/mol. The summed E-state index contributed by atoms with van der Waals surface area (Å²) in [5, 5.41) is 16.4. The van der Waals surface area contributed by atoms with E-state index in [1.165, 1.54) is 43.5 Å². The van der Waals surface area contributed by atoms with Crippen molar-refractivity contribution in [2.24, 2.45) is 11.7 Å². The van der Waals surface area contributed by atoms with Gasteiger partial charge >= 0.3 is 23.8 Å². The van der Waals surface area contributed by atoms with Crippen molar-refractivity contribution in [2.75, 3.05) is 50.7 Å². The molecule has 0 saturated heterocycles. The monoisotopic (exact) mass is 859 g/mol. The lowest BCUT2D eigenvalue weighted by Gasteiger charge is -2.25. The van der Waals surface area contributed by atoms with E-state index in [1.54, 1.807) is 57.2 Å². The van der Waals surface area contributed by atoms with Crippen molar-refractivity contribution in [3.05, 3.63) is 106 Å². The number of alkyl carbamates (subject to hydrolysis) is 1. The number of fused-ring (bicyclic) bond motifs is 1. The van der Waals surface area contributed by atoms with Crippen molar-refractivity contribution in [3.63, 3.8) is 0 Å². The standard InChI is InChI=1S/C43H53N7O12/c1-26(2)36(50-42(56)60-25-28-9-6-5-7-10-28)39(53)49-33(11-8-18-46-41(44)55)38(52)47-30-14-12-29(13-15-30)37(40(54)45-19-20-59-22-21-58-4)62-43(57)48-31-16-17-32-27(3)23-35(51)61-34(32)24-31/h5-7,9-10,12-17,23-24,26,33,36-37H,8,11,18-22,25H2,1-4H3,(H,45,54)(H,47,52)(H,48,57)(H,49,53)(H,50,56)(H3,44,46,55). The van der Waals surface area contributed by atoms with E-state index in [1.807, 2.05) is 6.07 Å². The normalized spacial score (nSPS) is 12.3. The molecule has 0 aliphatic carbocycles. The quantitative estimate of drug-likeness (QED) is 0.0437. The summed E-state index contributed by atoms with van der Waals surface area (Å²) in [6, 6.07) is 18.0. The molecule has 3 unspecified atom stereocenters. The highest BCUT2D eigenvalue weighted by molar-refractivity contribution is 5.98. The summed E-state index contributed by atoms with van der Waals surface area (Å²) >= 11 is 0. The van der Waals surface area contributed by atoms with Gasteiger partial charge in [-0.3, -0.25) is 19.7 Å². The van der Waals surface area contributed by atoms with Gasteiger partial charge in [0.25, 0.3) is 5.91 Å². The number of benzene rings is 3. The summed E-state index contributed by atoms with van der Waals surface area (Å²) in [6.45, 7) is 6.21. The zero-order chi connectivity index (χ0) is 45.0. The molecule has 0 bridgehead atoms. The number of carbonyl (C=O) groups is 6. The molecule has 0 saturated carbocycles. The van der Waals surface area contributed by atoms with Crippen LogP contribution in [0, 0.1) is 12.8 Å². The molecule has 0 radical (unpaired) electrons. The highest BCUT2D eigenvalue weighted by Crippen LogP contribution is 2.24. The maximum absolute atomic E-state index is 13.7. The minimum atomic E-state index is -1.47. The number of hydrogen-bond donors (Lipinski definition) is 7. The van der Waals surface area contributed by atoms with E-state index in [0.717, 1.165) is 5.56 Å². The Hall–Kier alpha value is -6.99. The van der Waals surface area contributed by atoms with Gasteiger partial charge in [0, 0.05) is 54.7 Å². The van der Waals surface area contributed by atoms with Gasteiger partial charge in [0.2, 0.25) is 17.9 Å². The maximum atomic E-state index is 13.7. The largest absolute Gasteiger partial charge is 0.445 e. The Bertz CT molecular complexity index is 2200. The van der Waals surface area contributed by atoms with Crippen LogP contribution in [0.15, 0.2) is 88.1 Å². The number of rotatable bonds is 22. The van der Waals surface area contributed by atoms with Gasteiger partial charge in [-0.05, 0) is 61.1 Å². The Balaban J connectivity index is 1.47. The number of primary amides is 1. The molecule has 1 aromatic heterocycles. The molecule has 19 nitrogen and oxygen atoms in total. The molecule has 7 amide bonds. The van der Waals surface area contributed by atoms with Crippen LogP contribution in [0.25, 0.3) is 11.0 Å². The summed E-state index contributed by atoms with van der Waals surface area (Å²) in [7, 11) is 1.53.